The third-order valence-electron chi connectivity index (χ3n) is 13.8. The van der Waals surface area contributed by atoms with Gasteiger partial charge in [-0.05, 0) is 105 Å². The van der Waals surface area contributed by atoms with Crippen LogP contribution >= 0.6 is 0 Å². The van der Waals surface area contributed by atoms with E-state index in [2.05, 4.69) is 24.5 Å². The molecule has 0 radical (unpaired) electrons. The van der Waals surface area contributed by atoms with Crippen LogP contribution in [0.25, 0.3) is 0 Å². The van der Waals surface area contributed by atoms with Gasteiger partial charge in [-0.25, -0.2) is 0 Å². The van der Waals surface area contributed by atoms with Crippen LogP contribution in [0.3, 0.4) is 0 Å². The molecule has 1 spiro atoms. The molecule has 4 aliphatic heterocycles. The van der Waals surface area contributed by atoms with Crippen molar-refractivity contribution in [3.63, 3.8) is 0 Å². The number of aliphatic hydroxyl groups is 3. The summed E-state index contributed by atoms with van der Waals surface area (Å²) in [5, 5.41) is 43.2. The molecule has 18 atom stereocenters. The number of nitrogens with one attached hydrogen (secondary N) is 2. The van der Waals surface area contributed by atoms with Crippen molar-refractivity contribution in [2.45, 2.75) is 199 Å². The highest BCUT2D eigenvalue weighted by atomic mass is 16.7. The second kappa shape index (κ2) is 19.8. The molecular weight excluding hydrogens is 773 g/mol. The Morgan fingerprint density at radius 3 is 2.23 bits per heavy atom. The topological polar surface area (TPSA) is 179 Å². The monoisotopic (exact) mass is 851 g/mol. The minimum Gasteiger partial charge on any atom is -0.483 e. The molecule has 0 amide bonds. The summed E-state index contributed by atoms with van der Waals surface area (Å²) >= 11 is 0. The van der Waals surface area contributed by atoms with Gasteiger partial charge in [-0.1, -0.05) is 52.8 Å². The molecule has 4 fully saturated rings. The highest BCUT2D eigenvalue weighted by Gasteiger charge is 2.67. The highest BCUT2D eigenvalue weighted by Crippen LogP contribution is 2.51. The highest BCUT2D eigenvalue weighted by molar-refractivity contribution is 5.73. The predicted molar refractivity (Wildman–Crippen MR) is 226 cm³/mol. The second-order valence-corrected chi connectivity index (χ2v) is 19.6. The molecule has 0 aliphatic carbocycles. The Kier molecular flexibility index (Phi) is 16.2. The fourth-order valence-electron chi connectivity index (χ4n) is 9.91. The molecule has 14 heteroatoms. The first-order valence-corrected chi connectivity index (χ1v) is 22.4. The quantitative estimate of drug-likeness (QED) is 0.152. The molecular formula is C46H78N2O12. The first kappa shape index (κ1) is 49.1. The molecule has 0 unspecified atom stereocenters. The van der Waals surface area contributed by atoms with E-state index in [0.29, 0.717) is 37.7 Å². The Morgan fingerprint density at radius 1 is 0.967 bits per heavy atom. The maximum Gasteiger partial charge on any atom is 0.311 e. The second-order valence-electron chi connectivity index (χ2n) is 19.6. The Morgan fingerprint density at radius 2 is 1.63 bits per heavy atom. The molecule has 5 rings (SSSR count). The lowest BCUT2D eigenvalue weighted by Crippen LogP contribution is -2.62. The fourth-order valence-corrected chi connectivity index (χ4v) is 9.91. The van der Waals surface area contributed by atoms with Gasteiger partial charge in [0.05, 0.1) is 48.6 Å². The van der Waals surface area contributed by atoms with Crippen molar-refractivity contribution >= 4 is 5.97 Å². The van der Waals surface area contributed by atoms with Crippen LogP contribution in [0.5, 0.6) is 5.75 Å². The van der Waals surface area contributed by atoms with E-state index in [1.54, 1.807) is 34.8 Å². The van der Waals surface area contributed by atoms with Crippen molar-refractivity contribution in [2.75, 3.05) is 26.8 Å². The lowest BCUT2D eigenvalue weighted by atomic mass is 9.77. The van der Waals surface area contributed by atoms with Gasteiger partial charge in [0.2, 0.25) is 0 Å². The van der Waals surface area contributed by atoms with E-state index in [1.165, 1.54) is 6.92 Å². The summed E-state index contributed by atoms with van der Waals surface area (Å²) in [6, 6.07) is 8.84. The zero-order chi connectivity index (χ0) is 44.4. The maximum atomic E-state index is 14.5. The number of rotatable bonds is 11. The molecule has 60 heavy (non-hydrogen) atoms. The van der Waals surface area contributed by atoms with E-state index >= 15 is 0 Å². The smallest absolute Gasteiger partial charge is 0.311 e. The minimum absolute atomic E-state index is 0.137. The normalized spacial score (nSPS) is 46.0. The zero-order valence-electron chi connectivity index (χ0n) is 38.5. The third kappa shape index (κ3) is 10.9. The summed E-state index contributed by atoms with van der Waals surface area (Å²) in [4.78, 5) is 14.5. The van der Waals surface area contributed by atoms with E-state index in [4.69, 9.17) is 37.9 Å². The number of cyclic esters (lactones) is 1. The van der Waals surface area contributed by atoms with Gasteiger partial charge in [0.1, 0.15) is 34.8 Å². The van der Waals surface area contributed by atoms with Crippen molar-refractivity contribution in [3.05, 3.63) is 30.3 Å². The first-order valence-electron chi connectivity index (χ1n) is 22.4. The Bertz CT molecular complexity index is 1510. The molecule has 1 aromatic rings. The van der Waals surface area contributed by atoms with Gasteiger partial charge in [-0.3, -0.25) is 4.79 Å². The number of hydrogen-bond donors (Lipinski definition) is 5. The van der Waals surface area contributed by atoms with Crippen LogP contribution in [-0.4, -0.2) is 138 Å². The Hall–Kier alpha value is -1.95. The SMILES string of the molecule is CC[C@H]1OC(=O)[C@H](C)[C@@H](O[C@H]2C[C@@](C)(OC)[C@]3(CO3)[C@H](C)O2)[C@H](C)[C@@H](O[C@@H]2O[C@H](C)C[C@H](NCC(C)C)[C@H]2Oc2ccccc2)[C@](C)(O)C[C@@H](C)CN[C@H](C)[C@@H](O)[C@]1(C)O. The first-order chi connectivity index (χ1) is 28.1. The van der Waals surface area contributed by atoms with Crippen LogP contribution in [0.4, 0.5) is 0 Å². The number of ether oxygens (including phenoxy) is 8. The van der Waals surface area contributed by atoms with Crippen LogP contribution < -0.4 is 15.4 Å². The number of esters is 1. The number of carbonyl (C=O) groups excluding carboxylic acids is 1. The predicted octanol–water partition coefficient (Wildman–Crippen LogP) is 4.74. The van der Waals surface area contributed by atoms with Crippen LogP contribution in [0, 0.1) is 23.7 Å². The number of epoxide rings is 1. The van der Waals surface area contributed by atoms with E-state index in [9.17, 15) is 20.1 Å². The molecule has 4 aliphatic rings. The lowest BCUT2D eigenvalue weighted by molar-refractivity contribution is -0.311. The number of aliphatic hydroxyl groups excluding tert-OH is 1. The van der Waals surface area contributed by atoms with Crippen LogP contribution in [0.1, 0.15) is 109 Å². The zero-order valence-corrected chi connectivity index (χ0v) is 38.5. The minimum atomic E-state index is -1.79. The number of benzene rings is 1. The largest absolute Gasteiger partial charge is 0.483 e. The van der Waals surface area contributed by atoms with Crippen molar-refractivity contribution < 1.29 is 58.0 Å². The lowest BCUT2D eigenvalue weighted by Gasteiger charge is -2.49. The van der Waals surface area contributed by atoms with Crippen LogP contribution in [0.15, 0.2) is 30.3 Å². The van der Waals surface area contributed by atoms with E-state index < -0.39 is 95.5 Å². The number of hydrogen-bond acceptors (Lipinski definition) is 14. The van der Waals surface area contributed by atoms with Gasteiger partial charge in [0.25, 0.3) is 0 Å². The molecule has 0 saturated carbocycles. The summed E-state index contributed by atoms with van der Waals surface area (Å²) in [6.45, 7) is 24.4. The molecule has 1 aromatic carbocycles. The maximum absolute atomic E-state index is 14.5. The van der Waals surface area contributed by atoms with Crippen LogP contribution in [-0.2, 0) is 38.0 Å². The molecule has 344 valence electrons. The summed E-state index contributed by atoms with van der Waals surface area (Å²) < 4.78 is 52.2. The van der Waals surface area contributed by atoms with Crippen molar-refractivity contribution in [2.24, 2.45) is 23.7 Å². The van der Waals surface area contributed by atoms with Crippen molar-refractivity contribution in [3.8, 4) is 5.75 Å². The molecule has 14 nitrogen and oxygen atoms in total. The summed E-state index contributed by atoms with van der Waals surface area (Å²) in [5.74, 6) is -1.40. The van der Waals surface area contributed by atoms with Gasteiger partial charge in [-0.2, -0.15) is 0 Å². The molecule has 4 heterocycles. The van der Waals surface area contributed by atoms with Gasteiger partial charge in [-0.15, -0.1) is 0 Å². The molecule has 5 N–H and O–H groups in total. The number of methoxy groups -OCH3 is 1. The fraction of sp³-hybridized carbons (Fsp3) is 0.848. The van der Waals surface area contributed by atoms with Gasteiger partial charge in [0.15, 0.2) is 18.7 Å². The Labute approximate surface area is 359 Å². The van der Waals surface area contributed by atoms with Gasteiger partial charge < -0.3 is 63.8 Å². The number of carbonyl (C=O) groups is 1. The number of para-hydroxylation sites is 1. The molecule has 0 aromatic heterocycles. The molecule has 4 saturated heterocycles. The van der Waals surface area contributed by atoms with Crippen molar-refractivity contribution in [1.82, 2.24) is 10.6 Å². The van der Waals surface area contributed by atoms with Crippen LogP contribution in [0.2, 0.25) is 0 Å². The van der Waals surface area contributed by atoms with E-state index in [1.807, 2.05) is 65.0 Å². The summed E-state index contributed by atoms with van der Waals surface area (Å²) in [6.07, 6.45) is -5.80. The van der Waals surface area contributed by atoms with Gasteiger partial charge in [0, 0.05) is 25.5 Å². The summed E-state index contributed by atoms with van der Waals surface area (Å²) in [5.41, 5.74) is -4.69. The average molecular weight is 851 g/mol. The Balaban J connectivity index is 1.59. The molecule has 0 bridgehead atoms. The third-order valence-corrected chi connectivity index (χ3v) is 13.8. The van der Waals surface area contributed by atoms with Gasteiger partial charge >= 0.3 is 5.97 Å². The van der Waals surface area contributed by atoms with E-state index in [0.717, 1.165) is 6.54 Å². The standard InChI is InChI=1S/C46H78N2O12/c1-14-35-45(12,52)39(49)31(8)47-24-27(4)21-43(10,51)40(60-42-38(57-33-18-16-15-17-19-33)34(20-28(5)55-42)48-23-26(2)3)29(6)37(30(7)41(50)58-35)59-36-22-44(11,53-13)46(25-54-46)32(9)56-36/h15-19,26-32,34-40,42,47-49,51-52H,14,20-25H2,1-13H3/t27-,28-,29+,30-,31-,32+,34+,35-,36+,37+,38-,39-,40-,42+,43-,44-,45-,46+/m1/s1. The average Bonchev–Trinajstić information content (AvgIpc) is 4.01. The summed E-state index contributed by atoms with van der Waals surface area (Å²) in [7, 11) is 1.65. The van der Waals surface area contributed by atoms with E-state index in [-0.39, 0.29) is 30.9 Å². The van der Waals surface area contributed by atoms with Crippen molar-refractivity contribution in [1.29, 1.82) is 0 Å².